The van der Waals surface area contributed by atoms with E-state index in [1.54, 1.807) is 43.5 Å². The molecule has 1 N–H and O–H groups in total. The summed E-state index contributed by atoms with van der Waals surface area (Å²) in [4.78, 5) is 28.6. The molecule has 0 aromatic heterocycles. The number of nitrogens with zero attached hydrogens (tertiary/aromatic N) is 2. The maximum absolute atomic E-state index is 13.8. The summed E-state index contributed by atoms with van der Waals surface area (Å²) < 4.78 is 37.1. The Morgan fingerprint density at radius 2 is 1.65 bits per heavy atom. The average molecular weight is 532 g/mol. The third kappa shape index (κ3) is 7.61. The van der Waals surface area contributed by atoms with Gasteiger partial charge in [-0.3, -0.25) is 13.9 Å². The SMILES string of the molecule is CC[C@@H](C(=O)NC1CCCC1)N(Cc1cccc(OC)c1)C(=O)CN(c1cccc(OC)c1)S(C)(=O)=O. The number of carbonyl (C=O) groups is 2. The molecule has 0 unspecified atom stereocenters. The van der Waals surface area contributed by atoms with Crippen molar-refractivity contribution in [2.24, 2.45) is 0 Å². The molecule has 1 atom stereocenters. The molecular weight excluding hydrogens is 494 g/mol. The van der Waals surface area contributed by atoms with Crippen molar-refractivity contribution in [3.05, 3.63) is 54.1 Å². The number of sulfonamides is 1. The summed E-state index contributed by atoms with van der Waals surface area (Å²) in [6.07, 6.45) is 5.41. The van der Waals surface area contributed by atoms with Crippen molar-refractivity contribution in [2.45, 2.75) is 57.7 Å². The normalized spacial score (nSPS) is 14.6. The third-order valence-electron chi connectivity index (χ3n) is 6.60. The minimum absolute atomic E-state index is 0.0969. The highest BCUT2D eigenvalue weighted by Gasteiger charge is 2.33. The van der Waals surface area contributed by atoms with E-state index in [0.29, 0.717) is 23.6 Å². The van der Waals surface area contributed by atoms with Crippen molar-refractivity contribution in [1.82, 2.24) is 10.2 Å². The number of methoxy groups -OCH3 is 2. The van der Waals surface area contributed by atoms with Gasteiger partial charge < -0.3 is 19.7 Å². The van der Waals surface area contributed by atoms with E-state index in [-0.39, 0.29) is 18.5 Å². The van der Waals surface area contributed by atoms with Gasteiger partial charge in [0.15, 0.2) is 0 Å². The Hall–Kier alpha value is -3.27. The zero-order valence-corrected chi connectivity index (χ0v) is 22.8. The summed E-state index contributed by atoms with van der Waals surface area (Å²) in [6, 6.07) is 13.1. The van der Waals surface area contributed by atoms with Crippen molar-refractivity contribution >= 4 is 27.5 Å². The lowest BCUT2D eigenvalue weighted by Crippen LogP contribution is -2.53. The van der Waals surface area contributed by atoms with Crippen LogP contribution in [0.4, 0.5) is 5.69 Å². The number of hydrogen-bond donors (Lipinski definition) is 1. The lowest BCUT2D eigenvalue weighted by Gasteiger charge is -2.33. The molecule has 1 saturated carbocycles. The molecule has 2 aromatic carbocycles. The average Bonchev–Trinajstić information content (AvgIpc) is 3.39. The Morgan fingerprint density at radius 1 is 1.03 bits per heavy atom. The first-order chi connectivity index (χ1) is 17.7. The number of amides is 2. The Kier molecular flexibility index (Phi) is 9.79. The van der Waals surface area contributed by atoms with E-state index in [0.717, 1.165) is 41.8 Å². The molecule has 1 aliphatic rings. The minimum Gasteiger partial charge on any atom is -0.497 e. The first-order valence-electron chi connectivity index (χ1n) is 12.5. The monoisotopic (exact) mass is 531 g/mol. The molecule has 2 amide bonds. The molecule has 3 rings (SSSR count). The van der Waals surface area contributed by atoms with Gasteiger partial charge in [0.1, 0.15) is 24.1 Å². The highest BCUT2D eigenvalue weighted by molar-refractivity contribution is 7.92. The fraction of sp³-hybridized carbons (Fsp3) is 0.481. The summed E-state index contributed by atoms with van der Waals surface area (Å²) >= 11 is 0. The number of carbonyl (C=O) groups excluding carboxylic acids is 2. The molecular formula is C27H37N3O6S. The number of anilines is 1. The lowest BCUT2D eigenvalue weighted by molar-refractivity contribution is -0.140. The highest BCUT2D eigenvalue weighted by Crippen LogP contribution is 2.25. The summed E-state index contributed by atoms with van der Waals surface area (Å²) in [7, 11) is -0.771. The van der Waals surface area contributed by atoms with Crippen molar-refractivity contribution in [3.8, 4) is 11.5 Å². The molecule has 0 saturated heterocycles. The summed E-state index contributed by atoms with van der Waals surface area (Å²) in [5.74, 6) is 0.388. The number of benzene rings is 2. The van der Waals surface area contributed by atoms with Crippen LogP contribution in [0.2, 0.25) is 0 Å². The molecule has 0 aliphatic heterocycles. The van der Waals surface area contributed by atoms with E-state index >= 15 is 0 Å². The smallest absolute Gasteiger partial charge is 0.244 e. The standard InChI is InChI=1S/C27H37N3O6S/c1-5-25(27(32)28-21-11-6-7-12-21)29(18-20-10-8-14-23(16-20)35-2)26(31)19-30(37(4,33)34)22-13-9-15-24(17-22)36-3/h8-10,13-17,21,25H,5-7,11-12,18-19H2,1-4H3,(H,28,32)/t25-/m0/s1. The number of rotatable bonds is 12. The van der Waals surface area contributed by atoms with Crippen molar-refractivity contribution < 1.29 is 27.5 Å². The lowest BCUT2D eigenvalue weighted by atomic mass is 10.1. The van der Waals surface area contributed by atoms with Crippen LogP contribution in [0, 0.1) is 0 Å². The molecule has 9 nitrogen and oxygen atoms in total. The molecule has 10 heteroatoms. The zero-order valence-electron chi connectivity index (χ0n) is 22.0. The van der Waals surface area contributed by atoms with Gasteiger partial charge in [-0.15, -0.1) is 0 Å². The molecule has 202 valence electrons. The van der Waals surface area contributed by atoms with Crippen LogP contribution in [0.15, 0.2) is 48.5 Å². The molecule has 0 spiro atoms. The van der Waals surface area contributed by atoms with E-state index in [1.165, 1.54) is 12.0 Å². The van der Waals surface area contributed by atoms with Crippen LogP contribution in [0.5, 0.6) is 11.5 Å². The Balaban J connectivity index is 1.94. The van der Waals surface area contributed by atoms with Gasteiger partial charge in [-0.25, -0.2) is 8.42 Å². The van der Waals surface area contributed by atoms with E-state index in [4.69, 9.17) is 9.47 Å². The number of hydrogen-bond acceptors (Lipinski definition) is 6. The minimum atomic E-state index is -3.82. The van der Waals surface area contributed by atoms with Gasteiger partial charge in [-0.2, -0.15) is 0 Å². The summed E-state index contributed by atoms with van der Waals surface area (Å²) in [6.45, 7) is 1.52. The van der Waals surface area contributed by atoms with Gasteiger partial charge in [-0.05, 0) is 49.1 Å². The van der Waals surface area contributed by atoms with Gasteiger partial charge in [0, 0.05) is 18.7 Å². The molecule has 1 fully saturated rings. The van der Waals surface area contributed by atoms with Crippen LogP contribution < -0.4 is 19.1 Å². The van der Waals surface area contributed by atoms with Gasteiger partial charge in [0.25, 0.3) is 0 Å². The second kappa shape index (κ2) is 12.8. The Morgan fingerprint density at radius 3 is 2.24 bits per heavy atom. The van der Waals surface area contributed by atoms with Crippen LogP contribution in [0.3, 0.4) is 0 Å². The first kappa shape index (κ1) is 28.3. The quantitative estimate of drug-likeness (QED) is 0.451. The van der Waals surface area contributed by atoms with E-state index < -0.39 is 28.5 Å². The van der Waals surface area contributed by atoms with E-state index in [1.807, 2.05) is 19.1 Å². The number of nitrogens with one attached hydrogen (secondary N) is 1. The third-order valence-corrected chi connectivity index (χ3v) is 7.74. The Labute approximate surface area is 219 Å². The Bertz CT molecular complexity index is 1180. The van der Waals surface area contributed by atoms with Gasteiger partial charge >= 0.3 is 0 Å². The molecule has 1 aliphatic carbocycles. The fourth-order valence-electron chi connectivity index (χ4n) is 4.63. The van der Waals surface area contributed by atoms with Gasteiger partial charge in [-0.1, -0.05) is 38.0 Å². The van der Waals surface area contributed by atoms with Crippen molar-refractivity contribution in [1.29, 1.82) is 0 Å². The molecule has 37 heavy (non-hydrogen) atoms. The van der Waals surface area contributed by atoms with Crippen LogP contribution in [-0.4, -0.2) is 64.2 Å². The molecule has 2 aromatic rings. The van der Waals surface area contributed by atoms with Crippen molar-refractivity contribution in [3.63, 3.8) is 0 Å². The first-order valence-corrected chi connectivity index (χ1v) is 14.4. The van der Waals surface area contributed by atoms with Crippen LogP contribution >= 0.6 is 0 Å². The van der Waals surface area contributed by atoms with Crippen molar-refractivity contribution in [2.75, 3.05) is 31.3 Å². The largest absolute Gasteiger partial charge is 0.497 e. The molecule has 0 radical (unpaired) electrons. The molecule has 0 bridgehead atoms. The predicted octanol–water partition coefficient (Wildman–Crippen LogP) is 3.34. The fourth-order valence-corrected chi connectivity index (χ4v) is 5.48. The number of ether oxygens (including phenoxy) is 2. The van der Waals surface area contributed by atoms with Crippen LogP contribution in [-0.2, 0) is 26.2 Å². The second-order valence-corrected chi connectivity index (χ2v) is 11.2. The van der Waals surface area contributed by atoms with E-state index in [9.17, 15) is 18.0 Å². The highest BCUT2D eigenvalue weighted by atomic mass is 32.2. The maximum atomic E-state index is 13.8. The maximum Gasteiger partial charge on any atom is 0.244 e. The van der Waals surface area contributed by atoms with Crippen LogP contribution in [0.1, 0.15) is 44.6 Å². The topological polar surface area (TPSA) is 105 Å². The van der Waals surface area contributed by atoms with Crippen LogP contribution in [0.25, 0.3) is 0 Å². The molecule has 0 heterocycles. The van der Waals surface area contributed by atoms with E-state index in [2.05, 4.69) is 5.32 Å². The summed E-state index contributed by atoms with van der Waals surface area (Å²) in [5.41, 5.74) is 1.08. The van der Waals surface area contributed by atoms with Gasteiger partial charge in [0.05, 0.1) is 26.2 Å². The zero-order chi connectivity index (χ0) is 27.0. The summed E-state index contributed by atoms with van der Waals surface area (Å²) in [5, 5.41) is 3.10. The second-order valence-electron chi connectivity index (χ2n) is 9.26. The predicted molar refractivity (Wildman–Crippen MR) is 143 cm³/mol. The van der Waals surface area contributed by atoms with Gasteiger partial charge in [0.2, 0.25) is 21.8 Å².